The van der Waals surface area contributed by atoms with Gasteiger partial charge >= 0.3 is 0 Å². The van der Waals surface area contributed by atoms with Crippen LogP contribution in [-0.2, 0) is 47.0 Å². The first-order valence-corrected chi connectivity index (χ1v) is 5.88. The third-order valence-corrected chi connectivity index (χ3v) is 1.88. The first-order chi connectivity index (χ1) is 8.19. The number of ether oxygens (including phenoxy) is 2. The Morgan fingerprint density at radius 2 is 1.68 bits per heavy atom. The molecule has 0 aliphatic rings. The van der Waals surface area contributed by atoms with Crippen molar-refractivity contribution in [3.8, 4) is 0 Å². The minimum atomic E-state index is -0.879. The van der Waals surface area contributed by atoms with Crippen molar-refractivity contribution in [2.75, 3.05) is 27.4 Å². The van der Waals surface area contributed by atoms with Crippen LogP contribution in [0.4, 0.5) is 0 Å². The molecule has 0 rings (SSSR count). The molecule has 1 radical (unpaired) electrons. The van der Waals surface area contributed by atoms with E-state index >= 15 is 0 Å². The summed E-state index contributed by atoms with van der Waals surface area (Å²) in [5, 5.41) is 19.5. The molecule has 0 spiro atoms. The molecule has 0 heterocycles. The van der Waals surface area contributed by atoms with Gasteiger partial charge < -0.3 is 25.0 Å². The van der Waals surface area contributed by atoms with E-state index in [1.807, 2.05) is 0 Å². The summed E-state index contributed by atoms with van der Waals surface area (Å²) < 4.78 is 9.94. The molecule has 0 aliphatic carbocycles. The molecule has 0 saturated carbocycles. The number of amides is 1. The van der Waals surface area contributed by atoms with Crippen LogP contribution in [0.2, 0.25) is 0 Å². The molecule has 3 N–H and O–H groups in total. The second-order valence-electron chi connectivity index (χ2n) is 4.58. The van der Waals surface area contributed by atoms with Crippen LogP contribution in [0, 0.1) is 5.41 Å². The average molecular weight is 354 g/mol. The Morgan fingerprint density at radius 3 is 1.95 bits per heavy atom. The zero-order chi connectivity index (χ0) is 14.8. The van der Waals surface area contributed by atoms with Crippen LogP contribution in [0.15, 0.2) is 0 Å². The van der Waals surface area contributed by atoms with Crippen molar-refractivity contribution in [3.05, 3.63) is 0 Å². The third kappa shape index (κ3) is 14.6. The summed E-state index contributed by atoms with van der Waals surface area (Å²) in [5.41, 5.74) is -0.763. The number of hydrogen-bond acceptors (Lipinski definition) is 5. The summed E-state index contributed by atoms with van der Waals surface area (Å²) >= 11 is 0. The Bertz CT molecular complexity index is 223. The summed E-state index contributed by atoms with van der Waals surface area (Å²) in [6.07, 6.45) is -1.05. The van der Waals surface area contributed by atoms with Crippen LogP contribution in [0.1, 0.15) is 27.7 Å². The molecule has 2 atom stereocenters. The molecule has 6 nitrogen and oxygen atoms in total. The van der Waals surface area contributed by atoms with E-state index in [1.54, 1.807) is 27.8 Å². The second-order valence-corrected chi connectivity index (χ2v) is 4.58. The third-order valence-electron chi connectivity index (χ3n) is 1.88. The molecular formula is C12H27NO5Y. The van der Waals surface area contributed by atoms with E-state index in [9.17, 15) is 4.79 Å². The zero-order valence-electron chi connectivity index (χ0n) is 12.8. The standard InChI is InChI=1S/C9H19NO4.C3H8O.Y/c1-7(11)14-6-9(2,5-13-4)8(12)10-3;1-3(2)4;/h7,11H,5-6H2,1-4H3,(H,10,12);3-4H,1-2H3;. The van der Waals surface area contributed by atoms with Gasteiger partial charge in [-0.05, 0) is 27.7 Å². The minimum Gasteiger partial charge on any atom is -0.394 e. The maximum Gasteiger partial charge on any atom is 0.230 e. The van der Waals surface area contributed by atoms with Gasteiger partial charge in [-0.3, -0.25) is 4.79 Å². The maximum atomic E-state index is 11.5. The normalized spacial score (nSPS) is 14.6. The molecule has 1 amide bonds. The van der Waals surface area contributed by atoms with Crippen molar-refractivity contribution in [1.82, 2.24) is 5.32 Å². The fraction of sp³-hybridized carbons (Fsp3) is 0.917. The summed E-state index contributed by atoms with van der Waals surface area (Å²) in [4.78, 5) is 11.5. The number of carbonyl (C=O) groups excluding carboxylic acids is 1. The van der Waals surface area contributed by atoms with E-state index in [1.165, 1.54) is 14.0 Å². The van der Waals surface area contributed by atoms with Crippen LogP contribution >= 0.6 is 0 Å². The van der Waals surface area contributed by atoms with E-state index in [-0.39, 0.29) is 57.9 Å². The van der Waals surface area contributed by atoms with Crippen LogP contribution in [-0.4, -0.2) is 55.9 Å². The van der Waals surface area contributed by atoms with Crippen LogP contribution in [0.5, 0.6) is 0 Å². The van der Waals surface area contributed by atoms with Crippen molar-refractivity contribution in [3.63, 3.8) is 0 Å². The van der Waals surface area contributed by atoms with Crippen LogP contribution in [0.25, 0.3) is 0 Å². The Kier molecular flexibility index (Phi) is 17.2. The van der Waals surface area contributed by atoms with E-state index in [0.29, 0.717) is 0 Å². The van der Waals surface area contributed by atoms with Crippen molar-refractivity contribution in [1.29, 1.82) is 0 Å². The average Bonchev–Trinajstić information content (AvgIpc) is 2.25. The Labute approximate surface area is 141 Å². The summed E-state index contributed by atoms with van der Waals surface area (Å²) in [6.45, 7) is 7.03. The number of nitrogens with one attached hydrogen (secondary N) is 1. The number of hydrogen-bond donors (Lipinski definition) is 3. The predicted molar refractivity (Wildman–Crippen MR) is 69.0 cm³/mol. The largest absolute Gasteiger partial charge is 0.394 e. The van der Waals surface area contributed by atoms with Gasteiger partial charge in [0.05, 0.1) is 18.6 Å². The quantitative estimate of drug-likeness (QED) is 0.590. The summed E-state index contributed by atoms with van der Waals surface area (Å²) in [7, 11) is 3.07. The Hall–Kier alpha value is 0.414. The molecule has 0 aromatic carbocycles. The number of aliphatic hydroxyl groups excluding tert-OH is 2. The van der Waals surface area contributed by atoms with Gasteiger partial charge in [-0.1, -0.05) is 0 Å². The van der Waals surface area contributed by atoms with Gasteiger partial charge in [-0.15, -0.1) is 0 Å². The van der Waals surface area contributed by atoms with Gasteiger partial charge in [-0.2, -0.15) is 0 Å². The molecule has 0 aromatic heterocycles. The first-order valence-electron chi connectivity index (χ1n) is 5.88. The maximum absolute atomic E-state index is 11.5. The molecule has 19 heavy (non-hydrogen) atoms. The van der Waals surface area contributed by atoms with Gasteiger partial charge in [0, 0.05) is 53.0 Å². The number of methoxy groups -OCH3 is 1. The first kappa shape index (κ1) is 24.4. The van der Waals surface area contributed by atoms with Crippen molar-refractivity contribution in [2.45, 2.75) is 40.1 Å². The van der Waals surface area contributed by atoms with Crippen molar-refractivity contribution in [2.24, 2.45) is 5.41 Å². The van der Waals surface area contributed by atoms with Gasteiger partial charge in [-0.25, -0.2) is 0 Å². The monoisotopic (exact) mass is 354 g/mol. The predicted octanol–water partition coefficient (Wildman–Crippen LogP) is 0.125. The summed E-state index contributed by atoms with van der Waals surface area (Å²) in [5.74, 6) is -0.167. The number of carbonyl (C=O) groups is 1. The fourth-order valence-corrected chi connectivity index (χ4v) is 1.10. The minimum absolute atomic E-state index is 0. The second kappa shape index (κ2) is 13.4. The van der Waals surface area contributed by atoms with Gasteiger partial charge in [0.1, 0.15) is 0 Å². The molecule has 113 valence electrons. The molecule has 7 heteroatoms. The number of aliphatic hydroxyl groups is 2. The topological polar surface area (TPSA) is 88.0 Å². The van der Waals surface area contributed by atoms with Gasteiger partial charge in [0.25, 0.3) is 0 Å². The van der Waals surface area contributed by atoms with Crippen molar-refractivity contribution >= 4 is 5.91 Å². The molecule has 0 aromatic rings. The Balaban J connectivity index is -0.000000448. The molecule has 0 saturated heterocycles. The fourth-order valence-electron chi connectivity index (χ4n) is 1.10. The van der Waals surface area contributed by atoms with E-state index in [4.69, 9.17) is 19.7 Å². The van der Waals surface area contributed by atoms with Gasteiger partial charge in [0.2, 0.25) is 5.91 Å². The SMILES string of the molecule is CC(C)O.CNC(=O)C(C)(COC)COC(C)O.[Y]. The molecular weight excluding hydrogens is 327 g/mol. The molecule has 0 aliphatic heterocycles. The van der Waals surface area contributed by atoms with E-state index in [0.717, 1.165) is 0 Å². The van der Waals surface area contributed by atoms with Crippen LogP contribution < -0.4 is 5.32 Å². The molecule has 2 unspecified atom stereocenters. The smallest absolute Gasteiger partial charge is 0.230 e. The summed E-state index contributed by atoms with van der Waals surface area (Å²) in [6, 6.07) is 0. The van der Waals surface area contributed by atoms with E-state index < -0.39 is 11.7 Å². The van der Waals surface area contributed by atoms with Crippen LogP contribution in [0.3, 0.4) is 0 Å². The molecule has 0 bridgehead atoms. The van der Waals surface area contributed by atoms with Gasteiger partial charge in [0.15, 0.2) is 6.29 Å². The van der Waals surface area contributed by atoms with E-state index in [2.05, 4.69) is 5.32 Å². The van der Waals surface area contributed by atoms with Crippen molar-refractivity contribution < 1.29 is 57.2 Å². The molecule has 0 fully saturated rings. The Morgan fingerprint density at radius 1 is 1.26 bits per heavy atom. The number of rotatable bonds is 6. The zero-order valence-corrected chi connectivity index (χ0v) is 15.6.